The molecule has 2 N–H and O–H groups in total. The molecule has 0 bridgehead atoms. The molecule has 2 aliphatic rings. The number of rotatable bonds is 2. The quantitative estimate of drug-likeness (QED) is 0.290. The molecular formula is C31H40IrNO2-. The molecule has 2 fully saturated rings. The van der Waals surface area contributed by atoms with Crippen molar-refractivity contribution in [1.82, 2.24) is 4.98 Å². The third-order valence-corrected chi connectivity index (χ3v) is 7.69. The maximum Gasteiger partial charge on any atom is 0.0595 e. The van der Waals surface area contributed by atoms with Gasteiger partial charge >= 0.3 is 0 Å². The second-order valence-electron chi connectivity index (χ2n) is 10.7. The van der Waals surface area contributed by atoms with E-state index in [1.165, 1.54) is 41.2 Å². The Morgan fingerprint density at radius 2 is 1.57 bits per heavy atom. The van der Waals surface area contributed by atoms with Gasteiger partial charge in [-0.15, -0.1) is 34.9 Å². The minimum atomic E-state index is -0.234. The van der Waals surface area contributed by atoms with Crippen molar-refractivity contribution in [3.8, 4) is 11.3 Å². The van der Waals surface area contributed by atoms with E-state index in [-0.39, 0.29) is 38.2 Å². The van der Waals surface area contributed by atoms with Crippen LogP contribution in [-0.4, -0.2) is 27.4 Å². The van der Waals surface area contributed by atoms with Crippen LogP contribution in [0.5, 0.6) is 0 Å². The summed E-state index contributed by atoms with van der Waals surface area (Å²) < 4.78 is 0. The molecule has 0 aliphatic heterocycles. The van der Waals surface area contributed by atoms with Crippen molar-refractivity contribution in [3.05, 3.63) is 65.4 Å². The van der Waals surface area contributed by atoms with Gasteiger partial charge in [-0.1, -0.05) is 65.2 Å². The summed E-state index contributed by atoms with van der Waals surface area (Å²) in [5.74, 6) is 1.33. The number of hydrogen-bond acceptors (Lipinski definition) is 3. The van der Waals surface area contributed by atoms with E-state index in [9.17, 15) is 10.2 Å². The second-order valence-corrected chi connectivity index (χ2v) is 10.7. The molecule has 0 saturated heterocycles. The summed E-state index contributed by atoms with van der Waals surface area (Å²) in [4.78, 5) is 4.60. The van der Waals surface area contributed by atoms with Crippen LogP contribution < -0.4 is 0 Å². The van der Waals surface area contributed by atoms with Crippen LogP contribution in [0.25, 0.3) is 22.0 Å². The summed E-state index contributed by atoms with van der Waals surface area (Å²) in [5, 5.41) is 22.2. The molecule has 0 spiro atoms. The van der Waals surface area contributed by atoms with Gasteiger partial charge in [0.15, 0.2) is 0 Å². The van der Waals surface area contributed by atoms with E-state index in [1.807, 2.05) is 6.20 Å². The molecule has 4 unspecified atom stereocenters. The minimum Gasteiger partial charge on any atom is -0.393 e. The minimum absolute atomic E-state index is 0. The maximum atomic E-state index is 9.89. The number of aryl methyl sites for hydroxylation is 2. The van der Waals surface area contributed by atoms with Crippen molar-refractivity contribution >= 4 is 10.8 Å². The van der Waals surface area contributed by atoms with Crippen molar-refractivity contribution in [2.24, 2.45) is 11.8 Å². The Labute approximate surface area is 224 Å². The molecule has 1 radical (unpaired) electrons. The van der Waals surface area contributed by atoms with Crippen LogP contribution in [0.2, 0.25) is 0 Å². The topological polar surface area (TPSA) is 53.4 Å². The van der Waals surface area contributed by atoms with Crippen molar-refractivity contribution in [2.45, 2.75) is 90.8 Å². The predicted octanol–water partition coefficient (Wildman–Crippen LogP) is 7.14. The molecule has 1 heterocycles. The zero-order valence-electron chi connectivity index (χ0n) is 21.6. The fraction of sp³-hybridized carbons (Fsp3) is 0.516. The zero-order valence-corrected chi connectivity index (χ0v) is 23.9. The van der Waals surface area contributed by atoms with Gasteiger partial charge in [0.05, 0.1) is 12.2 Å². The van der Waals surface area contributed by atoms with Crippen LogP contribution in [0.15, 0.2) is 42.6 Å². The van der Waals surface area contributed by atoms with Gasteiger partial charge in [0, 0.05) is 32.2 Å². The number of pyridine rings is 1. The fourth-order valence-corrected chi connectivity index (χ4v) is 5.94. The molecule has 3 aromatic rings. The summed E-state index contributed by atoms with van der Waals surface area (Å²) >= 11 is 0. The Morgan fingerprint density at radius 1 is 0.886 bits per heavy atom. The number of fused-ring (bicyclic) bond motifs is 2. The van der Waals surface area contributed by atoms with Gasteiger partial charge in [-0.2, -0.15) is 0 Å². The average Bonchev–Trinajstić information content (AvgIpc) is 3.00. The molecule has 2 aromatic carbocycles. The van der Waals surface area contributed by atoms with Crippen LogP contribution in [0.1, 0.15) is 81.4 Å². The van der Waals surface area contributed by atoms with Gasteiger partial charge in [-0.05, 0) is 65.6 Å². The first-order chi connectivity index (χ1) is 16.3. The van der Waals surface area contributed by atoms with Gasteiger partial charge in [0.2, 0.25) is 0 Å². The smallest absolute Gasteiger partial charge is 0.0595 e. The molecule has 4 heteroatoms. The van der Waals surface area contributed by atoms with Crippen molar-refractivity contribution in [2.75, 3.05) is 0 Å². The Morgan fingerprint density at radius 3 is 2.29 bits per heavy atom. The summed E-state index contributed by atoms with van der Waals surface area (Å²) in [6.45, 7) is 8.65. The van der Waals surface area contributed by atoms with Gasteiger partial charge in [0.25, 0.3) is 0 Å². The Bertz CT molecular complexity index is 1090. The Hall–Kier alpha value is -1.58. The van der Waals surface area contributed by atoms with Gasteiger partial charge in [-0.3, -0.25) is 0 Å². The Balaban J connectivity index is 0.000000211. The van der Waals surface area contributed by atoms with Crippen LogP contribution in [-0.2, 0) is 20.1 Å². The number of aromatic nitrogens is 1. The van der Waals surface area contributed by atoms with E-state index in [1.54, 1.807) is 0 Å². The molecule has 4 atom stereocenters. The Kier molecular flexibility index (Phi) is 10.1. The van der Waals surface area contributed by atoms with Crippen molar-refractivity contribution < 1.29 is 30.3 Å². The van der Waals surface area contributed by atoms with E-state index in [0.717, 1.165) is 42.5 Å². The molecule has 1 aromatic heterocycles. The monoisotopic (exact) mass is 651 g/mol. The third kappa shape index (κ3) is 6.80. The number of hydrogen-bond donors (Lipinski definition) is 2. The zero-order chi connectivity index (χ0) is 24.2. The molecular weight excluding hydrogens is 611 g/mol. The molecule has 0 amide bonds. The van der Waals surface area contributed by atoms with E-state index in [0.29, 0.717) is 11.8 Å². The number of nitrogens with zero attached hydrogens (tertiary/aromatic N) is 1. The summed E-state index contributed by atoms with van der Waals surface area (Å²) in [7, 11) is 0. The molecule has 2 aliphatic carbocycles. The van der Waals surface area contributed by atoms with Crippen molar-refractivity contribution in [3.63, 3.8) is 0 Å². The van der Waals surface area contributed by atoms with Gasteiger partial charge < -0.3 is 15.2 Å². The third-order valence-electron chi connectivity index (χ3n) is 7.69. The van der Waals surface area contributed by atoms with E-state index >= 15 is 0 Å². The predicted molar refractivity (Wildman–Crippen MR) is 141 cm³/mol. The van der Waals surface area contributed by atoms with Crippen LogP contribution in [0.3, 0.4) is 0 Å². The number of aliphatic hydroxyl groups is 2. The first kappa shape index (κ1) is 28.0. The van der Waals surface area contributed by atoms with Crippen molar-refractivity contribution in [1.29, 1.82) is 0 Å². The first-order valence-corrected chi connectivity index (χ1v) is 13.1. The molecule has 5 rings (SSSR count). The second kappa shape index (κ2) is 12.6. The normalized spacial score (nSPS) is 24.1. The summed E-state index contributed by atoms with van der Waals surface area (Å²) in [5.41, 5.74) is 5.87. The molecule has 3 nitrogen and oxygen atoms in total. The van der Waals surface area contributed by atoms with Crippen LogP contribution >= 0.6 is 0 Å². The standard InChI is InChI=1S/C20H20N.C11H20O2.Ir/c1-13(2)16-5-6-19-17(12-16)7-8-21-20(19)18-10-14(3)9-15(4)11-18;12-9-6-2-1-4-8-5-3-7-10(13)11(8)9;/h5-10,12-13H,1-4H3;8-13H,1-7H2;/q-1;;. The maximum absolute atomic E-state index is 9.89. The van der Waals surface area contributed by atoms with Crippen LogP contribution in [0.4, 0.5) is 0 Å². The molecule has 191 valence electrons. The molecule has 2 saturated carbocycles. The van der Waals surface area contributed by atoms with E-state index in [2.05, 4.69) is 75.1 Å². The summed E-state index contributed by atoms with van der Waals surface area (Å²) in [6, 6.07) is 16.5. The molecule has 35 heavy (non-hydrogen) atoms. The van der Waals surface area contributed by atoms with Gasteiger partial charge in [0.1, 0.15) is 0 Å². The first-order valence-electron chi connectivity index (χ1n) is 13.1. The SMILES string of the molecule is Cc1[c-]c(-c2nccc3cc(C(C)C)ccc23)cc(C)c1.OC1CCCCC2CCCC(O)C12.[Ir]. The van der Waals surface area contributed by atoms with Crippen LogP contribution in [0, 0.1) is 31.7 Å². The number of aliphatic hydroxyl groups excluding tert-OH is 2. The van der Waals surface area contributed by atoms with Gasteiger partial charge in [-0.25, -0.2) is 0 Å². The fourth-order valence-electron chi connectivity index (χ4n) is 5.94. The number of benzene rings is 2. The summed E-state index contributed by atoms with van der Waals surface area (Å²) in [6.07, 6.45) is 9.21. The van der Waals surface area contributed by atoms with E-state index < -0.39 is 0 Å². The largest absolute Gasteiger partial charge is 0.393 e. The average molecular weight is 651 g/mol. The van der Waals surface area contributed by atoms with E-state index in [4.69, 9.17) is 0 Å².